The number of carbonyl (C=O) groups is 1. The Hall–Kier alpha value is -1.36. The second-order valence-electron chi connectivity index (χ2n) is 5.67. The number of nitrogens with zero attached hydrogens (tertiary/aromatic N) is 3. The number of aromatic nitrogens is 2. The smallest absolute Gasteiger partial charge is 0.272 e. The van der Waals surface area contributed by atoms with Gasteiger partial charge in [0.2, 0.25) is 0 Å². The van der Waals surface area contributed by atoms with Crippen LogP contribution in [0.4, 0.5) is 0 Å². The Labute approximate surface area is 107 Å². The molecule has 2 heterocycles. The molecule has 0 bridgehead atoms. The monoisotopic (exact) mass is 248 g/mol. The summed E-state index contributed by atoms with van der Waals surface area (Å²) in [5.74, 6) is 1.21. The van der Waals surface area contributed by atoms with Crippen molar-refractivity contribution in [3.8, 4) is 0 Å². The average molecular weight is 248 g/mol. The highest BCUT2D eigenvalue weighted by Crippen LogP contribution is 2.37. The van der Waals surface area contributed by atoms with Crippen molar-refractivity contribution in [2.24, 2.45) is 24.6 Å². The maximum Gasteiger partial charge on any atom is 0.272 e. The zero-order valence-electron chi connectivity index (χ0n) is 11.0. The van der Waals surface area contributed by atoms with Gasteiger partial charge in [-0.05, 0) is 37.7 Å². The zero-order chi connectivity index (χ0) is 12.9. The van der Waals surface area contributed by atoms with Crippen LogP contribution in [-0.4, -0.2) is 39.7 Å². The molecule has 2 fully saturated rings. The quantitative estimate of drug-likeness (QED) is 0.789. The molecule has 3 atom stereocenters. The summed E-state index contributed by atoms with van der Waals surface area (Å²) >= 11 is 0. The third-order valence-electron chi connectivity index (χ3n) is 4.42. The van der Waals surface area contributed by atoms with Crippen LogP contribution in [0, 0.1) is 18.8 Å². The molecule has 1 aliphatic heterocycles. The molecule has 98 valence electrons. The molecule has 1 amide bonds. The third kappa shape index (κ3) is 1.73. The van der Waals surface area contributed by atoms with E-state index >= 15 is 0 Å². The molecule has 2 aliphatic rings. The number of aryl methyl sites for hydroxylation is 2. The van der Waals surface area contributed by atoms with Gasteiger partial charge in [-0.25, -0.2) is 0 Å². The minimum Gasteiger partial charge on any atom is -0.337 e. The largest absolute Gasteiger partial charge is 0.337 e. The highest BCUT2D eigenvalue weighted by molar-refractivity contribution is 5.93. The lowest BCUT2D eigenvalue weighted by molar-refractivity contribution is 0.0768. The summed E-state index contributed by atoms with van der Waals surface area (Å²) in [5.41, 5.74) is 7.67. The molecule has 18 heavy (non-hydrogen) atoms. The second kappa shape index (κ2) is 4.09. The van der Waals surface area contributed by atoms with Crippen LogP contribution in [0.1, 0.15) is 29.0 Å². The van der Waals surface area contributed by atoms with E-state index < -0.39 is 0 Å². The van der Waals surface area contributed by atoms with Crippen LogP contribution in [0.15, 0.2) is 6.07 Å². The van der Waals surface area contributed by atoms with E-state index in [4.69, 9.17) is 5.73 Å². The van der Waals surface area contributed by atoms with Gasteiger partial charge < -0.3 is 10.6 Å². The average Bonchev–Trinajstić information content (AvgIpc) is 2.96. The minimum absolute atomic E-state index is 0.0969. The molecule has 1 aromatic heterocycles. The first kappa shape index (κ1) is 11.7. The highest BCUT2D eigenvalue weighted by atomic mass is 16.2. The molecule has 1 saturated carbocycles. The second-order valence-corrected chi connectivity index (χ2v) is 5.67. The predicted molar refractivity (Wildman–Crippen MR) is 68.0 cm³/mol. The third-order valence-corrected chi connectivity index (χ3v) is 4.42. The number of hydrogen-bond acceptors (Lipinski definition) is 3. The standard InChI is InChI=1S/C13H20N4O/c1-8-5-12(16(2)15-8)13(18)17-6-9-3-4-11(14)10(9)7-17/h5,9-11H,3-4,6-7,14H2,1-2H3. The van der Waals surface area contributed by atoms with Crippen molar-refractivity contribution in [2.45, 2.75) is 25.8 Å². The van der Waals surface area contributed by atoms with Gasteiger partial charge in [-0.2, -0.15) is 5.10 Å². The van der Waals surface area contributed by atoms with Crippen molar-refractivity contribution in [3.63, 3.8) is 0 Å². The lowest BCUT2D eigenvalue weighted by Gasteiger charge is -2.18. The van der Waals surface area contributed by atoms with Gasteiger partial charge in [0, 0.05) is 26.2 Å². The van der Waals surface area contributed by atoms with E-state index in [1.165, 1.54) is 6.42 Å². The molecular weight excluding hydrogens is 228 g/mol. The number of fused-ring (bicyclic) bond motifs is 1. The molecular formula is C13H20N4O. The maximum absolute atomic E-state index is 12.4. The predicted octanol–water partition coefficient (Wildman–Crippen LogP) is 0.538. The fourth-order valence-corrected chi connectivity index (χ4v) is 3.45. The van der Waals surface area contributed by atoms with Gasteiger partial charge >= 0.3 is 0 Å². The van der Waals surface area contributed by atoms with Crippen molar-refractivity contribution >= 4 is 5.91 Å². The SMILES string of the molecule is Cc1cc(C(=O)N2CC3CCC(N)C3C2)n(C)n1. The summed E-state index contributed by atoms with van der Waals surface area (Å²) in [5, 5.41) is 4.24. The number of carbonyl (C=O) groups excluding carboxylic acids is 1. The molecule has 2 N–H and O–H groups in total. The van der Waals surface area contributed by atoms with Crippen LogP contribution >= 0.6 is 0 Å². The van der Waals surface area contributed by atoms with Crippen molar-refractivity contribution < 1.29 is 4.79 Å². The molecule has 1 saturated heterocycles. The van der Waals surface area contributed by atoms with E-state index in [9.17, 15) is 4.79 Å². The van der Waals surface area contributed by atoms with Crippen LogP contribution in [0.3, 0.4) is 0 Å². The fraction of sp³-hybridized carbons (Fsp3) is 0.692. The first-order chi connectivity index (χ1) is 8.56. The minimum atomic E-state index is 0.0969. The molecule has 0 spiro atoms. The van der Waals surface area contributed by atoms with E-state index in [0.29, 0.717) is 17.5 Å². The molecule has 0 radical (unpaired) electrons. The van der Waals surface area contributed by atoms with E-state index in [1.54, 1.807) is 4.68 Å². The molecule has 3 rings (SSSR count). The van der Waals surface area contributed by atoms with E-state index in [2.05, 4.69) is 5.10 Å². The van der Waals surface area contributed by atoms with Crippen LogP contribution in [0.5, 0.6) is 0 Å². The van der Waals surface area contributed by atoms with Gasteiger partial charge in [-0.1, -0.05) is 0 Å². The van der Waals surface area contributed by atoms with E-state index in [0.717, 1.165) is 25.2 Å². The van der Waals surface area contributed by atoms with Crippen molar-refractivity contribution in [1.29, 1.82) is 0 Å². The van der Waals surface area contributed by atoms with Gasteiger partial charge in [0.25, 0.3) is 5.91 Å². The van der Waals surface area contributed by atoms with Crippen LogP contribution in [0.25, 0.3) is 0 Å². The Kier molecular flexibility index (Phi) is 2.66. The summed E-state index contributed by atoms with van der Waals surface area (Å²) in [6.45, 7) is 3.59. The molecule has 5 nitrogen and oxygen atoms in total. The van der Waals surface area contributed by atoms with Gasteiger partial charge in [0.15, 0.2) is 0 Å². The van der Waals surface area contributed by atoms with Gasteiger partial charge in [-0.3, -0.25) is 9.48 Å². The van der Waals surface area contributed by atoms with Crippen molar-refractivity contribution in [2.75, 3.05) is 13.1 Å². The summed E-state index contributed by atoms with van der Waals surface area (Å²) < 4.78 is 1.67. The summed E-state index contributed by atoms with van der Waals surface area (Å²) in [7, 11) is 1.82. The summed E-state index contributed by atoms with van der Waals surface area (Å²) in [6.07, 6.45) is 2.28. The maximum atomic E-state index is 12.4. The first-order valence-corrected chi connectivity index (χ1v) is 6.61. The molecule has 0 aromatic carbocycles. The summed E-state index contributed by atoms with van der Waals surface area (Å²) in [4.78, 5) is 14.4. The van der Waals surface area contributed by atoms with Crippen LogP contribution < -0.4 is 5.73 Å². The van der Waals surface area contributed by atoms with E-state index in [1.807, 2.05) is 24.9 Å². The number of hydrogen-bond donors (Lipinski definition) is 1. The molecule has 1 aromatic rings. The highest BCUT2D eigenvalue weighted by Gasteiger charge is 2.42. The Morgan fingerprint density at radius 3 is 2.83 bits per heavy atom. The topological polar surface area (TPSA) is 64.2 Å². The van der Waals surface area contributed by atoms with Gasteiger partial charge in [0.05, 0.1) is 5.69 Å². The van der Waals surface area contributed by atoms with E-state index in [-0.39, 0.29) is 11.9 Å². The molecule has 1 aliphatic carbocycles. The van der Waals surface area contributed by atoms with Gasteiger partial charge in [0.1, 0.15) is 5.69 Å². The number of amides is 1. The number of rotatable bonds is 1. The van der Waals surface area contributed by atoms with Crippen molar-refractivity contribution in [3.05, 3.63) is 17.5 Å². The Balaban J connectivity index is 1.77. The Morgan fingerprint density at radius 1 is 1.44 bits per heavy atom. The van der Waals surface area contributed by atoms with Crippen LogP contribution in [-0.2, 0) is 7.05 Å². The van der Waals surface area contributed by atoms with Crippen molar-refractivity contribution in [1.82, 2.24) is 14.7 Å². The molecule has 5 heteroatoms. The number of likely N-dealkylation sites (tertiary alicyclic amines) is 1. The lowest BCUT2D eigenvalue weighted by atomic mass is 9.98. The summed E-state index contributed by atoms with van der Waals surface area (Å²) in [6, 6.07) is 2.14. The zero-order valence-corrected chi connectivity index (χ0v) is 11.0. The fourth-order valence-electron chi connectivity index (χ4n) is 3.45. The van der Waals surface area contributed by atoms with Gasteiger partial charge in [-0.15, -0.1) is 0 Å². The molecule has 3 unspecified atom stereocenters. The number of nitrogens with two attached hydrogens (primary N) is 1. The lowest BCUT2D eigenvalue weighted by Crippen LogP contribution is -2.34. The van der Waals surface area contributed by atoms with Crippen LogP contribution in [0.2, 0.25) is 0 Å². The Bertz CT molecular complexity index is 481. The Morgan fingerprint density at radius 2 is 2.22 bits per heavy atom. The first-order valence-electron chi connectivity index (χ1n) is 6.61. The normalized spacial score (nSPS) is 30.8.